The highest BCUT2D eigenvalue weighted by atomic mass is 19.1. The standard InChI is InChI=1S/C5H9FO/c1-5(2,6)3-4-7/h4H,3H2,1-2H3. The highest BCUT2D eigenvalue weighted by Crippen LogP contribution is 2.10. The van der Waals surface area contributed by atoms with Gasteiger partial charge in [-0.25, -0.2) is 4.39 Å². The van der Waals surface area contributed by atoms with E-state index < -0.39 is 5.67 Å². The lowest BCUT2D eigenvalue weighted by Gasteiger charge is -2.06. The zero-order valence-electron chi connectivity index (χ0n) is 4.57. The van der Waals surface area contributed by atoms with E-state index in [1.165, 1.54) is 13.8 Å². The fourth-order valence-corrected chi connectivity index (χ4v) is 0.198. The molecule has 0 bridgehead atoms. The zero-order chi connectivity index (χ0) is 5.91. The minimum absolute atomic E-state index is 0.00694. The molecule has 0 aromatic heterocycles. The molecule has 0 radical (unpaired) electrons. The number of alkyl halides is 1. The first-order valence-corrected chi connectivity index (χ1v) is 2.19. The van der Waals surface area contributed by atoms with E-state index in [0.717, 1.165) is 0 Å². The molecule has 42 valence electrons. The minimum Gasteiger partial charge on any atom is -0.303 e. The predicted octanol–water partition coefficient (Wildman–Crippen LogP) is 1.32. The molecule has 0 spiro atoms. The van der Waals surface area contributed by atoms with Crippen LogP contribution in [0.4, 0.5) is 4.39 Å². The fraction of sp³-hybridized carbons (Fsp3) is 0.800. The van der Waals surface area contributed by atoms with Gasteiger partial charge in [-0.05, 0) is 13.8 Å². The fourth-order valence-electron chi connectivity index (χ4n) is 0.198. The first-order chi connectivity index (χ1) is 3.06. The van der Waals surface area contributed by atoms with Crippen molar-refractivity contribution in [3.05, 3.63) is 0 Å². The van der Waals surface area contributed by atoms with E-state index in [1.807, 2.05) is 0 Å². The molecule has 1 nitrogen and oxygen atoms in total. The van der Waals surface area contributed by atoms with Crippen molar-refractivity contribution >= 4 is 6.29 Å². The predicted molar refractivity (Wildman–Crippen MR) is 25.9 cm³/mol. The lowest BCUT2D eigenvalue weighted by atomic mass is 10.1. The van der Waals surface area contributed by atoms with Crippen LogP contribution in [0.3, 0.4) is 0 Å². The summed E-state index contributed by atoms with van der Waals surface area (Å²) in [5.74, 6) is 0. The van der Waals surface area contributed by atoms with Gasteiger partial charge in [0.15, 0.2) is 0 Å². The molecule has 0 aliphatic carbocycles. The van der Waals surface area contributed by atoms with Gasteiger partial charge < -0.3 is 4.79 Å². The summed E-state index contributed by atoms with van der Waals surface area (Å²) in [5, 5.41) is 0. The Kier molecular flexibility index (Phi) is 1.93. The molecule has 0 amide bonds. The van der Waals surface area contributed by atoms with Crippen LogP contribution < -0.4 is 0 Å². The Morgan fingerprint density at radius 2 is 2.14 bits per heavy atom. The second-order valence-corrected chi connectivity index (χ2v) is 2.09. The van der Waals surface area contributed by atoms with Crippen molar-refractivity contribution in [3.8, 4) is 0 Å². The van der Waals surface area contributed by atoms with Crippen LogP contribution >= 0.6 is 0 Å². The second-order valence-electron chi connectivity index (χ2n) is 2.09. The van der Waals surface area contributed by atoms with Gasteiger partial charge in [0, 0.05) is 6.42 Å². The number of hydrogen-bond donors (Lipinski definition) is 0. The Hall–Kier alpha value is -0.400. The third-order valence-electron chi connectivity index (χ3n) is 0.569. The van der Waals surface area contributed by atoms with E-state index in [2.05, 4.69) is 0 Å². The average Bonchev–Trinajstić information content (AvgIpc) is 1.30. The Morgan fingerprint density at radius 3 is 2.14 bits per heavy atom. The second kappa shape index (κ2) is 2.05. The Morgan fingerprint density at radius 1 is 1.71 bits per heavy atom. The van der Waals surface area contributed by atoms with Crippen molar-refractivity contribution < 1.29 is 9.18 Å². The van der Waals surface area contributed by atoms with Gasteiger partial charge in [-0.15, -0.1) is 0 Å². The van der Waals surface area contributed by atoms with Crippen LogP contribution in [0.1, 0.15) is 20.3 Å². The largest absolute Gasteiger partial charge is 0.303 e. The number of hydrogen-bond acceptors (Lipinski definition) is 1. The van der Waals surface area contributed by atoms with E-state index in [4.69, 9.17) is 0 Å². The van der Waals surface area contributed by atoms with E-state index in [-0.39, 0.29) is 6.42 Å². The summed E-state index contributed by atoms with van der Waals surface area (Å²) in [5.41, 5.74) is -1.32. The van der Waals surface area contributed by atoms with Crippen molar-refractivity contribution in [2.75, 3.05) is 0 Å². The number of aldehydes is 1. The Balaban J connectivity index is 3.34. The smallest absolute Gasteiger partial charge is 0.123 e. The normalized spacial score (nSPS) is 11.3. The maximum atomic E-state index is 12.2. The maximum absolute atomic E-state index is 12.2. The summed E-state index contributed by atoms with van der Waals surface area (Å²) < 4.78 is 12.2. The summed E-state index contributed by atoms with van der Waals surface area (Å²) in [6.45, 7) is 2.75. The third-order valence-corrected chi connectivity index (χ3v) is 0.569. The summed E-state index contributed by atoms with van der Waals surface area (Å²) >= 11 is 0. The van der Waals surface area contributed by atoms with Gasteiger partial charge in [0.2, 0.25) is 0 Å². The van der Waals surface area contributed by atoms with Crippen LogP contribution in [-0.4, -0.2) is 12.0 Å². The van der Waals surface area contributed by atoms with E-state index >= 15 is 0 Å². The molecule has 0 aliphatic heterocycles. The van der Waals surface area contributed by atoms with Gasteiger partial charge in [0.05, 0.1) is 0 Å². The Labute approximate surface area is 42.5 Å². The number of halogens is 1. The van der Waals surface area contributed by atoms with E-state index in [9.17, 15) is 9.18 Å². The molecule has 0 unspecified atom stereocenters. The monoisotopic (exact) mass is 104 g/mol. The van der Waals surface area contributed by atoms with Crippen LogP contribution in [0.25, 0.3) is 0 Å². The highest BCUT2D eigenvalue weighted by molar-refractivity contribution is 5.50. The van der Waals surface area contributed by atoms with Crippen LogP contribution in [-0.2, 0) is 4.79 Å². The lowest BCUT2D eigenvalue weighted by molar-refractivity contribution is -0.109. The molecular formula is C5H9FO. The molecule has 0 aromatic rings. The van der Waals surface area contributed by atoms with Crippen molar-refractivity contribution in [2.45, 2.75) is 25.9 Å². The van der Waals surface area contributed by atoms with Gasteiger partial charge in [-0.2, -0.15) is 0 Å². The minimum atomic E-state index is -1.32. The Bertz CT molecular complexity index is 63.0. The molecule has 0 atom stereocenters. The quantitative estimate of drug-likeness (QED) is 0.483. The summed E-state index contributed by atoms with van der Waals surface area (Å²) in [6, 6.07) is 0. The molecule has 0 aromatic carbocycles. The molecular weight excluding hydrogens is 95.1 g/mol. The molecule has 0 rings (SSSR count). The first kappa shape index (κ1) is 6.60. The molecule has 2 heteroatoms. The van der Waals surface area contributed by atoms with Crippen molar-refractivity contribution in [1.82, 2.24) is 0 Å². The van der Waals surface area contributed by atoms with Crippen LogP contribution in [0, 0.1) is 0 Å². The number of rotatable bonds is 2. The molecule has 0 N–H and O–H groups in total. The maximum Gasteiger partial charge on any atom is 0.123 e. The van der Waals surface area contributed by atoms with Gasteiger partial charge >= 0.3 is 0 Å². The molecule has 0 heterocycles. The van der Waals surface area contributed by atoms with Crippen molar-refractivity contribution in [3.63, 3.8) is 0 Å². The van der Waals surface area contributed by atoms with Gasteiger partial charge in [0.25, 0.3) is 0 Å². The SMILES string of the molecule is CC(C)(F)CC=O. The van der Waals surface area contributed by atoms with Crippen molar-refractivity contribution in [2.24, 2.45) is 0 Å². The first-order valence-electron chi connectivity index (χ1n) is 2.19. The molecule has 7 heavy (non-hydrogen) atoms. The molecule has 0 saturated carbocycles. The number of carbonyl (C=O) groups excluding carboxylic acids is 1. The van der Waals surface area contributed by atoms with Crippen LogP contribution in [0.2, 0.25) is 0 Å². The number of carbonyl (C=O) groups is 1. The lowest BCUT2D eigenvalue weighted by Crippen LogP contribution is -2.11. The summed E-state index contributed by atoms with van der Waals surface area (Å²) in [4.78, 5) is 9.58. The summed E-state index contributed by atoms with van der Waals surface area (Å²) in [7, 11) is 0. The zero-order valence-corrected chi connectivity index (χ0v) is 4.57. The molecule has 0 fully saturated rings. The molecule has 0 aliphatic rings. The van der Waals surface area contributed by atoms with Gasteiger partial charge in [0.1, 0.15) is 12.0 Å². The van der Waals surface area contributed by atoms with E-state index in [1.54, 1.807) is 0 Å². The van der Waals surface area contributed by atoms with Crippen LogP contribution in [0.5, 0.6) is 0 Å². The van der Waals surface area contributed by atoms with E-state index in [0.29, 0.717) is 6.29 Å². The van der Waals surface area contributed by atoms with Crippen LogP contribution in [0.15, 0.2) is 0 Å². The summed E-state index contributed by atoms with van der Waals surface area (Å²) in [6.07, 6.45) is 0.576. The molecule has 0 saturated heterocycles. The van der Waals surface area contributed by atoms with Crippen molar-refractivity contribution in [1.29, 1.82) is 0 Å². The highest BCUT2D eigenvalue weighted by Gasteiger charge is 2.12. The average molecular weight is 104 g/mol. The van der Waals surface area contributed by atoms with Gasteiger partial charge in [-0.1, -0.05) is 0 Å². The third kappa shape index (κ3) is 5.60. The van der Waals surface area contributed by atoms with Gasteiger partial charge in [-0.3, -0.25) is 0 Å². The topological polar surface area (TPSA) is 17.1 Å².